The first-order valence-corrected chi connectivity index (χ1v) is 9.61. The number of carbonyl (C=O) groups is 2. The molecule has 29 heavy (non-hydrogen) atoms. The minimum absolute atomic E-state index is 0.0273. The molecule has 0 unspecified atom stereocenters. The summed E-state index contributed by atoms with van der Waals surface area (Å²) in [6.07, 6.45) is 6.81. The molecule has 1 amide bonds. The van der Waals surface area contributed by atoms with Crippen LogP contribution < -0.4 is 5.32 Å². The highest BCUT2D eigenvalue weighted by Crippen LogP contribution is 2.25. The van der Waals surface area contributed by atoms with Gasteiger partial charge in [0.05, 0.1) is 19.9 Å². The van der Waals surface area contributed by atoms with Crippen LogP contribution >= 0.6 is 0 Å². The number of esters is 1. The van der Waals surface area contributed by atoms with E-state index in [4.69, 9.17) is 4.74 Å². The average molecular weight is 393 g/mol. The minimum Gasteiger partial charge on any atom is -0.468 e. The van der Waals surface area contributed by atoms with Crippen LogP contribution in [-0.2, 0) is 14.3 Å². The van der Waals surface area contributed by atoms with Crippen LogP contribution in [0.15, 0.2) is 42.9 Å². The fourth-order valence-electron chi connectivity index (χ4n) is 3.63. The van der Waals surface area contributed by atoms with Crippen molar-refractivity contribution in [1.29, 1.82) is 0 Å². The quantitative estimate of drug-likeness (QED) is 0.646. The number of piperidine rings is 1. The third kappa shape index (κ3) is 4.43. The van der Waals surface area contributed by atoms with E-state index in [1.807, 2.05) is 29.3 Å². The molecule has 0 atom stereocenters. The molecule has 1 aliphatic heterocycles. The molecule has 8 nitrogen and oxygen atoms in total. The number of rotatable bonds is 5. The number of methoxy groups -OCH3 is 1. The lowest BCUT2D eigenvalue weighted by molar-refractivity contribution is -0.142. The zero-order valence-corrected chi connectivity index (χ0v) is 16.2. The van der Waals surface area contributed by atoms with Gasteiger partial charge in [0.2, 0.25) is 5.91 Å². The lowest BCUT2D eigenvalue weighted by Crippen LogP contribution is -2.40. The Morgan fingerprint density at radius 3 is 2.72 bits per heavy atom. The molecule has 0 saturated carbocycles. The SMILES string of the molecule is COC(=O)CN1CCC(C(=O)Nc2cc3cc(-c4cn[nH]c4)ccc3cn2)CC1. The highest BCUT2D eigenvalue weighted by molar-refractivity contribution is 5.95. The molecule has 0 radical (unpaired) electrons. The molecule has 1 aromatic carbocycles. The number of amides is 1. The second kappa shape index (κ2) is 8.40. The fourth-order valence-corrected chi connectivity index (χ4v) is 3.63. The van der Waals surface area contributed by atoms with E-state index in [1.165, 1.54) is 7.11 Å². The smallest absolute Gasteiger partial charge is 0.319 e. The van der Waals surface area contributed by atoms with Gasteiger partial charge >= 0.3 is 5.97 Å². The van der Waals surface area contributed by atoms with Gasteiger partial charge in [-0.15, -0.1) is 0 Å². The number of ether oxygens (including phenoxy) is 1. The van der Waals surface area contributed by atoms with Crippen molar-refractivity contribution in [2.24, 2.45) is 5.92 Å². The number of aromatic amines is 1. The van der Waals surface area contributed by atoms with Gasteiger partial charge in [0.1, 0.15) is 5.82 Å². The zero-order valence-electron chi connectivity index (χ0n) is 16.2. The van der Waals surface area contributed by atoms with Crippen molar-refractivity contribution >= 4 is 28.5 Å². The Morgan fingerprint density at radius 1 is 1.17 bits per heavy atom. The first-order chi connectivity index (χ1) is 14.1. The summed E-state index contributed by atoms with van der Waals surface area (Å²) in [6.45, 7) is 1.68. The summed E-state index contributed by atoms with van der Waals surface area (Å²) in [5, 5.41) is 11.8. The van der Waals surface area contributed by atoms with Gasteiger partial charge in [-0.1, -0.05) is 12.1 Å². The Labute approximate surface area is 168 Å². The van der Waals surface area contributed by atoms with Crippen molar-refractivity contribution < 1.29 is 14.3 Å². The molecule has 1 fully saturated rings. The molecule has 1 aliphatic rings. The summed E-state index contributed by atoms with van der Waals surface area (Å²) in [6, 6.07) is 7.98. The number of H-pyrrole nitrogens is 1. The minimum atomic E-state index is -0.247. The van der Waals surface area contributed by atoms with Crippen LogP contribution in [0.4, 0.5) is 5.82 Å². The van der Waals surface area contributed by atoms with Gasteiger partial charge < -0.3 is 10.1 Å². The molecule has 0 aliphatic carbocycles. The number of hydrogen-bond donors (Lipinski definition) is 2. The van der Waals surface area contributed by atoms with Gasteiger partial charge in [-0.25, -0.2) is 4.98 Å². The molecule has 150 valence electrons. The standard InChI is InChI=1S/C21H23N5O3/c1-29-20(27)13-26-6-4-14(5-7-26)21(28)25-19-9-17-8-15(18-11-23-24-12-18)2-3-16(17)10-22-19/h2-3,8-12,14H,4-7,13H2,1H3,(H,23,24)(H,22,25,28). The Bertz CT molecular complexity index is 1010. The van der Waals surface area contributed by atoms with E-state index in [2.05, 4.69) is 26.6 Å². The lowest BCUT2D eigenvalue weighted by atomic mass is 9.96. The number of carbonyl (C=O) groups excluding carboxylic acids is 2. The summed E-state index contributed by atoms with van der Waals surface area (Å²) in [5.74, 6) is 0.186. The summed E-state index contributed by atoms with van der Waals surface area (Å²) in [7, 11) is 1.39. The maximum absolute atomic E-state index is 12.7. The average Bonchev–Trinajstić information content (AvgIpc) is 3.28. The van der Waals surface area contributed by atoms with Gasteiger partial charge in [-0.3, -0.25) is 19.6 Å². The molecular weight excluding hydrogens is 370 g/mol. The Hall–Kier alpha value is -3.26. The largest absolute Gasteiger partial charge is 0.468 e. The second-order valence-electron chi connectivity index (χ2n) is 7.23. The molecule has 0 bridgehead atoms. The van der Waals surface area contributed by atoms with Crippen LogP contribution in [0.25, 0.3) is 21.9 Å². The highest BCUT2D eigenvalue weighted by atomic mass is 16.5. The number of pyridine rings is 1. The lowest BCUT2D eigenvalue weighted by Gasteiger charge is -2.30. The highest BCUT2D eigenvalue weighted by Gasteiger charge is 2.26. The number of nitrogens with one attached hydrogen (secondary N) is 2. The molecule has 2 aromatic heterocycles. The molecule has 0 spiro atoms. The molecule has 1 saturated heterocycles. The maximum atomic E-state index is 12.7. The first-order valence-electron chi connectivity index (χ1n) is 9.61. The maximum Gasteiger partial charge on any atom is 0.319 e. The van der Waals surface area contributed by atoms with Crippen LogP contribution in [0, 0.1) is 5.92 Å². The number of hydrogen-bond acceptors (Lipinski definition) is 6. The van der Waals surface area contributed by atoms with E-state index in [9.17, 15) is 9.59 Å². The zero-order chi connectivity index (χ0) is 20.2. The van der Waals surface area contributed by atoms with Crippen LogP contribution in [0.5, 0.6) is 0 Å². The van der Waals surface area contributed by atoms with Gasteiger partial charge in [-0.05, 0) is 49.0 Å². The van der Waals surface area contributed by atoms with E-state index in [0.717, 1.165) is 21.9 Å². The second-order valence-corrected chi connectivity index (χ2v) is 7.23. The predicted octanol–water partition coefficient (Wildman–Crippen LogP) is 2.45. The number of anilines is 1. The van der Waals surface area contributed by atoms with Crippen molar-refractivity contribution in [1.82, 2.24) is 20.1 Å². The summed E-state index contributed by atoms with van der Waals surface area (Å²) >= 11 is 0. The Balaban J connectivity index is 1.41. The Morgan fingerprint density at radius 2 is 2.00 bits per heavy atom. The van der Waals surface area contributed by atoms with E-state index < -0.39 is 0 Å². The summed E-state index contributed by atoms with van der Waals surface area (Å²) in [5.41, 5.74) is 2.06. The van der Waals surface area contributed by atoms with Crippen molar-refractivity contribution in [2.45, 2.75) is 12.8 Å². The fraction of sp³-hybridized carbons (Fsp3) is 0.333. The van der Waals surface area contributed by atoms with E-state index in [-0.39, 0.29) is 24.3 Å². The Kier molecular flexibility index (Phi) is 5.53. The number of fused-ring (bicyclic) bond motifs is 1. The predicted molar refractivity (Wildman–Crippen MR) is 109 cm³/mol. The van der Waals surface area contributed by atoms with Gasteiger partial charge in [0.15, 0.2) is 0 Å². The van der Waals surface area contributed by atoms with Crippen LogP contribution in [0.2, 0.25) is 0 Å². The third-order valence-electron chi connectivity index (χ3n) is 5.34. The van der Waals surface area contributed by atoms with Crippen molar-refractivity contribution in [3.05, 3.63) is 42.9 Å². The van der Waals surface area contributed by atoms with E-state index in [1.54, 1.807) is 12.4 Å². The third-order valence-corrected chi connectivity index (χ3v) is 5.34. The molecule has 4 rings (SSSR count). The number of likely N-dealkylation sites (tertiary alicyclic amines) is 1. The number of benzene rings is 1. The number of aromatic nitrogens is 3. The van der Waals surface area contributed by atoms with Crippen molar-refractivity contribution in [2.75, 3.05) is 32.1 Å². The van der Waals surface area contributed by atoms with Crippen LogP contribution in [0.3, 0.4) is 0 Å². The first kappa shape index (κ1) is 19.1. The van der Waals surface area contributed by atoms with E-state index in [0.29, 0.717) is 31.7 Å². The molecule has 3 heterocycles. The van der Waals surface area contributed by atoms with Crippen molar-refractivity contribution in [3.63, 3.8) is 0 Å². The normalized spacial score (nSPS) is 15.3. The van der Waals surface area contributed by atoms with Crippen LogP contribution in [-0.4, -0.2) is 58.7 Å². The van der Waals surface area contributed by atoms with E-state index >= 15 is 0 Å². The van der Waals surface area contributed by atoms with Crippen LogP contribution in [0.1, 0.15) is 12.8 Å². The molecule has 3 aromatic rings. The van der Waals surface area contributed by atoms with Gasteiger partial charge in [0.25, 0.3) is 0 Å². The molecule has 8 heteroatoms. The number of nitrogens with zero attached hydrogens (tertiary/aromatic N) is 3. The van der Waals surface area contributed by atoms with Gasteiger partial charge in [0, 0.05) is 29.3 Å². The molecular formula is C21H23N5O3. The molecule has 2 N–H and O–H groups in total. The topological polar surface area (TPSA) is 100 Å². The van der Waals surface area contributed by atoms with Gasteiger partial charge in [-0.2, -0.15) is 5.10 Å². The summed E-state index contributed by atoms with van der Waals surface area (Å²) < 4.78 is 4.70. The summed E-state index contributed by atoms with van der Waals surface area (Å²) in [4.78, 5) is 30.4. The monoisotopic (exact) mass is 393 g/mol. The van der Waals surface area contributed by atoms with Crippen molar-refractivity contribution in [3.8, 4) is 11.1 Å².